The summed E-state index contributed by atoms with van der Waals surface area (Å²) in [6.07, 6.45) is 0.982. The number of anilines is 1. The fourth-order valence-electron chi connectivity index (χ4n) is 2.41. The molecule has 1 aliphatic heterocycles. The molecule has 110 valence electrons. The summed E-state index contributed by atoms with van der Waals surface area (Å²) >= 11 is 1.47. The van der Waals surface area contributed by atoms with Gasteiger partial charge >= 0.3 is 0 Å². The maximum Gasteiger partial charge on any atom is 0.275 e. The van der Waals surface area contributed by atoms with E-state index in [1.54, 1.807) is 0 Å². The first-order chi connectivity index (χ1) is 10.3. The van der Waals surface area contributed by atoms with Crippen LogP contribution in [-0.2, 0) is 6.54 Å². The highest BCUT2D eigenvalue weighted by atomic mass is 32.1. The van der Waals surface area contributed by atoms with Gasteiger partial charge < -0.3 is 9.64 Å². The number of nitrogens with zero attached hydrogens (tertiary/aromatic N) is 1. The minimum atomic E-state index is -0.245. The van der Waals surface area contributed by atoms with Crippen LogP contribution in [0.15, 0.2) is 36.4 Å². The van der Waals surface area contributed by atoms with Crippen LogP contribution in [0, 0.1) is 0 Å². The van der Waals surface area contributed by atoms with Crippen LogP contribution in [0.1, 0.15) is 21.0 Å². The number of hydrazine groups is 1. The van der Waals surface area contributed by atoms with E-state index in [0.717, 1.165) is 42.4 Å². The van der Waals surface area contributed by atoms with Crippen LogP contribution < -0.4 is 20.9 Å². The third-order valence-electron chi connectivity index (χ3n) is 3.40. The van der Waals surface area contributed by atoms with Crippen molar-refractivity contribution in [2.45, 2.75) is 13.0 Å². The SMILES string of the molecule is NNC(=O)c1ccc(CN2CCCOc3ccccc32)s1. The first-order valence-electron chi connectivity index (χ1n) is 6.84. The van der Waals surface area contributed by atoms with Crippen LogP contribution in [0.4, 0.5) is 5.69 Å². The van der Waals surface area contributed by atoms with E-state index in [4.69, 9.17) is 10.6 Å². The van der Waals surface area contributed by atoms with Gasteiger partial charge in [0.1, 0.15) is 5.75 Å². The third kappa shape index (κ3) is 3.01. The van der Waals surface area contributed by atoms with Crippen molar-refractivity contribution >= 4 is 22.9 Å². The molecule has 0 unspecified atom stereocenters. The van der Waals surface area contributed by atoms with E-state index in [1.807, 2.05) is 30.3 Å². The van der Waals surface area contributed by atoms with Crippen LogP contribution in [0.2, 0.25) is 0 Å². The Morgan fingerprint density at radius 3 is 3.05 bits per heavy atom. The Bertz CT molecular complexity index is 641. The van der Waals surface area contributed by atoms with Gasteiger partial charge in [-0.05, 0) is 30.7 Å². The lowest BCUT2D eigenvalue weighted by atomic mass is 10.2. The number of carbonyl (C=O) groups excluding carboxylic acids is 1. The van der Waals surface area contributed by atoms with Gasteiger partial charge in [-0.3, -0.25) is 10.2 Å². The molecule has 2 aromatic rings. The molecular formula is C15H17N3O2S. The number of nitrogens with two attached hydrogens (primary N) is 1. The number of carbonyl (C=O) groups is 1. The molecule has 3 rings (SSSR count). The largest absolute Gasteiger partial charge is 0.491 e. The zero-order valence-corrected chi connectivity index (χ0v) is 12.4. The summed E-state index contributed by atoms with van der Waals surface area (Å²) in [7, 11) is 0. The lowest BCUT2D eigenvalue weighted by Crippen LogP contribution is -2.29. The molecule has 0 saturated carbocycles. The number of hydrogen-bond acceptors (Lipinski definition) is 5. The van der Waals surface area contributed by atoms with Crippen LogP contribution in [0.25, 0.3) is 0 Å². The van der Waals surface area contributed by atoms with Crippen LogP contribution in [-0.4, -0.2) is 19.1 Å². The number of fused-ring (bicyclic) bond motifs is 1. The van der Waals surface area contributed by atoms with Crippen molar-refractivity contribution in [3.63, 3.8) is 0 Å². The Morgan fingerprint density at radius 2 is 2.19 bits per heavy atom. The van der Waals surface area contributed by atoms with Crippen molar-refractivity contribution in [1.82, 2.24) is 5.43 Å². The van der Waals surface area contributed by atoms with Gasteiger partial charge in [-0.15, -0.1) is 11.3 Å². The van der Waals surface area contributed by atoms with E-state index in [1.165, 1.54) is 11.3 Å². The average molecular weight is 303 g/mol. The summed E-state index contributed by atoms with van der Waals surface area (Å²) in [5.41, 5.74) is 3.27. The smallest absolute Gasteiger partial charge is 0.275 e. The lowest BCUT2D eigenvalue weighted by Gasteiger charge is -2.22. The molecule has 6 heteroatoms. The van der Waals surface area contributed by atoms with E-state index in [0.29, 0.717) is 4.88 Å². The summed E-state index contributed by atoms with van der Waals surface area (Å²) < 4.78 is 5.76. The topological polar surface area (TPSA) is 67.6 Å². The lowest BCUT2D eigenvalue weighted by molar-refractivity contribution is 0.0957. The molecule has 0 bridgehead atoms. The number of amides is 1. The van der Waals surface area contributed by atoms with Gasteiger partial charge in [0.15, 0.2) is 0 Å². The van der Waals surface area contributed by atoms with Crippen molar-refractivity contribution in [3.8, 4) is 5.75 Å². The summed E-state index contributed by atoms with van der Waals surface area (Å²) in [5.74, 6) is 5.84. The maximum atomic E-state index is 11.5. The highest BCUT2D eigenvalue weighted by Gasteiger charge is 2.17. The molecule has 21 heavy (non-hydrogen) atoms. The van der Waals surface area contributed by atoms with E-state index in [2.05, 4.69) is 16.4 Å². The summed E-state index contributed by atoms with van der Waals surface area (Å²) in [4.78, 5) is 15.6. The van der Waals surface area contributed by atoms with Gasteiger partial charge in [0, 0.05) is 11.4 Å². The summed E-state index contributed by atoms with van der Waals surface area (Å²) in [5, 5.41) is 0. The third-order valence-corrected chi connectivity index (χ3v) is 4.47. The first-order valence-corrected chi connectivity index (χ1v) is 7.66. The molecule has 0 radical (unpaired) electrons. The quantitative estimate of drug-likeness (QED) is 0.518. The Kier molecular flexibility index (Phi) is 4.08. The second kappa shape index (κ2) is 6.15. The molecule has 0 atom stereocenters. The van der Waals surface area contributed by atoms with Crippen molar-refractivity contribution in [2.24, 2.45) is 5.84 Å². The first kappa shape index (κ1) is 13.9. The number of rotatable bonds is 3. The second-order valence-electron chi connectivity index (χ2n) is 4.83. The molecule has 0 saturated heterocycles. The van der Waals surface area contributed by atoms with E-state index in [9.17, 15) is 4.79 Å². The maximum absolute atomic E-state index is 11.5. The van der Waals surface area contributed by atoms with Gasteiger partial charge in [0.25, 0.3) is 5.91 Å². The fraction of sp³-hybridized carbons (Fsp3) is 0.267. The molecule has 3 N–H and O–H groups in total. The zero-order valence-electron chi connectivity index (χ0n) is 11.5. The van der Waals surface area contributed by atoms with Crippen LogP contribution >= 0.6 is 11.3 Å². The fourth-order valence-corrected chi connectivity index (χ4v) is 3.33. The normalized spacial score (nSPS) is 14.0. The van der Waals surface area contributed by atoms with Gasteiger partial charge in [0.05, 0.1) is 23.7 Å². The van der Waals surface area contributed by atoms with Gasteiger partial charge in [0.2, 0.25) is 0 Å². The van der Waals surface area contributed by atoms with E-state index in [-0.39, 0.29) is 5.91 Å². The summed E-state index contributed by atoms with van der Waals surface area (Å²) in [6, 6.07) is 11.8. The number of benzene rings is 1. The molecule has 0 spiro atoms. The minimum Gasteiger partial charge on any atom is -0.491 e. The van der Waals surface area contributed by atoms with Crippen molar-refractivity contribution in [2.75, 3.05) is 18.1 Å². The highest BCUT2D eigenvalue weighted by Crippen LogP contribution is 2.32. The van der Waals surface area contributed by atoms with Crippen LogP contribution in [0.5, 0.6) is 5.75 Å². The molecular weight excluding hydrogens is 286 g/mol. The van der Waals surface area contributed by atoms with Gasteiger partial charge in [-0.25, -0.2) is 5.84 Å². The second-order valence-corrected chi connectivity index (χ2v) is 6.00. The Balaban J connectivity index is 1.81. The molecule has 0 aliphatic carbocycles. The Morgan fingerprint density at radius 1 is 1.33 bits per heavy atom. The zero-order chi connectivity index (χ0) is 14.7. The Hall–Kier alpha value is -2.05. The number of ether oxygens (including phenoxy) is 1. The molecule has 2 heterocycles. The van der Waals surface area contributed by atoms with Gasteiger partial charge in [-0.1, -0.05) is 12.1 Å². The molecule has 1 aromatic carbocycles. The van der Waals surface area contributed by atoms with E-state index >= 15 is 0 Å². The highest BCUT2D eigenvalue weighted by molar-refractivity contribution is 7.14. The molecule has 5 nitrogen and oxygen atoms in total. The standard InChI is InChI=1S/C15H17N3O2S/c16-17-15(19)14-7-6-11(21-14)10-18-8-3-9-20-13-5-2-1-4-12(13)18/h1-2,4-7H,3,8-10,16H2,(H,17,19). The summed E-state index contributed by atoms with van der Waals surface area (Å²) in [6.45, 7) is 2.44. The molecule has 1 amide bonds. The number of thiophene rings is 1. The van der Waals surface area contributed by atoms with Crippen LogP contribution in [0.3, 0.4) is 0 Å². The number of nitrogens with one attached hydrogen (secondary N) is 1. The van der Waals surface area contributed by atoms with E-state index < -0.39 is 0 Å². The van der Waals surface area contributed by atoms with Gasteiger partial charge in [-0.2, -0.15) is 0 Å². The number of nitrogen functional groups attached to an aromatic ring is 1. The van der Waals surface area contributed by atoms with Crippen molar-refractivity contribution < 1.29 is 9.53 Å². The number of hydrogen-bond donors (Lipinski definition) is 2. The number of para-hydroxylation sites is 2. The average Bonchev–Trinajstić information content (AvgIpc) is 2.89. The van der Waals surface area contributed by atoms with Crippen molar-refractivity contribution in [3.05, 3.63) is 46.2 Å². The predicted octanol–water partition coefficient (Wildman–Crippen LogP) is 2.14. The Labute approximate surface area is 127 Å². The minimum absolute atomic E-state index is 0.245. The monoisotopic (exact) mass is 303 g/mol. The van der Waals surface area contributed by atoms with Crippen molar-refractivity contribution in [1.29, 1.82) is 0 Å². The molecule has 1 aromatic heterocycles. The molecule has 0 fully saturated rings. The predicted molar refractivity (Wildman–Crippen MR) is 83.6 cm³/mol. The molecule has 1 aliphatic rings.